The summed E-state index contributed by atoms with van der Waals surface area (Å²) in [5.41, 5.74) is 5.45. The summed E-state index contributed by atoms with van der Waals surface area (Å²) in [5, 5.41) is 0.795. The van der Waals surface area contributed by atoms with E-state index in [1.807, 2.05) is 12.3 Å². The minimum absolute atomic E-state index is 0.0181. The van der Waals surface area contributed by atoms with Crippen LogP contribution in [0.2, 0.25) is 0 Å². The number of aromatic amines is 1. The van der Waals surface area contributed by atoms with Gasteiger partial charge in [0.15, 0.2) is 23.1 Å². The molecule has 5 rings (SSSR count). The van der Waals surface area contributed by atoms with Crippen molar-refractivity contribution in [3.63, 3.8) is 0 Å². The average Bonchev–Trinajstić information content (AvgIpc) is 3.44. The number of halogens is 2. The lowest BCUT2D eigenvalue weighted by Gasteiger charge is -2.12. The van der Waals surface area contributed by atoms with Crippen LogP contribution in [-0.4, -0.2) is 40.6 Å². The molecule has 6 nitrogen and oxygen atoms in total. The zero-order valence-electron chi connectivity index (χ0n) is 18.7. The Labute approximate surface area is 190 Å². The maximum absolute atomic E-state index is 14.9. The van der Waals surface area contributed by atoms with Crippen molar-refractivity contribution in [2.75, 3.05) is 20.8 Å². The lowest BCUT2D eigenvalue weighted by Crippen LogP contribution is -2.14. The van der Waals surface area contributed by atoms with Gasteiger partial charge < -0.3 is 14.5 Å². The number of nitrogens with zero attached hydrogens (tertiary/aromatic N) is 3. The van der Waals surface area contributed by atoms with E-state index in [9.17, 15) is 8.78 Å². The molecule has 8 heteroatoms. The fourth-order valence-electron chi connectivity index (χ4n) is 4.35. The molecule has 33 heavy (non-hydrogen) atoms. The summed E-state index contributed by atoms with van der Waals surface area (Å²) in [6.07, 6.45) is 5.39. The third kappa shape index (κ3) is 3.70. The highest BCUT2D eigenvalue weighted by Gasteiger charge is 2.22. The molecule has 0 saturated carbocycles. The minimum atomic E-state index is -0.738. The summed E-state index contributed by atoms with van der Waals surface area (Å²) in [6, 6.07) is 5.35. The normalized spacial score (nSPS) is 13.5. The quantitative estimate of drug-likeness (QED) is 0.455. The Morgan fingerprint density at radius 2 is 1.67 bits per heavy atom. The van der Waals surface area contributed by atoms with Crippen LogP contribution in [0.1, 0.15) is 29.3 Å². The number of benzene rings is 1. The van der Waals surface area contributed by atoms with E-state index in [4.69, 9.17) is 9.47 Å². The van der Waals surface area contributed by atoms with Gasteiger partial charge in [-0.3, -0.25) is 9.88 Å². The van der Waals surface area contributed by atoms with E-state index in [1.54, 1.807) is 12.4 Å². The summed E-state index contributed by atoms with van der Waals surface area (Å²) >= 11 is 0. The first-order valence-electron chi connectivity index (χ1n) is 10.8. The number of fused-ring (bicyclic) bond motifs is 2. The number of pyridine rings is 2. The van der Waals surface area contributed by atoms with E-state index in [-0.39, 0.29) is 23.5 Å². The van der Waals surface area contributed by atoms with Gasteiger partial charge in [0.2, 0.25) is 0 Å². The summed E-state index contributed by atoms with van der Waals surface area (Å²) < 4.78 is 40.0. The smallest absolute Gasteiger partial charge is 0.171 e. The number of nitrogens with one attached hydrogen (secondary N) is 1. The monoisotopic (exact) mass is 450 g/mol. The second-order valence-corrected chi connectivity index (χ2v) is 8.13. The molecule has 3 aromatic heterocycles. The third-order valence-electron chi connectivity index (χ3n) is 6.26. The van der Waals surface area contributed by atoms with Gasteiger partial charge in [-0.25, -0.2) is 13.8 Å². The second-order valence-electron chi connectivity index (χ2n) is 8.13. The molecule has 0 unspecified atom stereocenters. The first kappa shape index (κ1) is 21.3. The van der Waals surface area contributed by atoms with E-state index in [1.165, 1.54) is 25.8 Å². The molecule has 170 valence electrons. The summed E-state index contributed by atoms with van der Waals surface area (Å²) in [5.74, 6) is -1.60. The van der Waals surface area contributed by atoms with Crippen LogP contribution < -0.4 is 9.47 Å². The Morgan fingerprint density at radius 3 is 2.36 bits per heavy atom. The van der Waals surface area contributed by atoms with Crippen LogP contribution in [0.5, 0.6) is 11.5 Å². The van der Waals surface area contributed by atoms with Crippen molar-refractivity contribution in [1.29, 1.82) is 0 Å². The van der Waals surface area contributed by atoms with Crippen molar-refractivity contribution in [3.05, 3.63) is 70.8 Å². The topological polar surface area (TPSA) is 63.3 Å². The van der Waals surface area contributed by atoms with Crippen LogP contribution in [0.4, 0.5) is 8.78 Å². The van der Waals surface area contributed by atoms with Gasteiger partial charge in [0.25, 0.3) is 0 Å². The predicted octanol–water partition coefficient (Wildman–Crippen LogP) is 4.85. The molecular weight excluding hydrogens is 426 g/mol. The Kier molecular flexibility index (Phi) is 5.46. The number of hydrogen-bond acceptors (Lipinski definition) is 5. The number of hydrogen-bond donors (Lipinski definition) is 1. The lowest BCUT2D eigenvalue weighted by molar-refractivity contribution is 0.299. The number of methoxy groups -OCH3 is 2. The van der Waals surface area contributed by atoms with E-state index < -0.39 is 11.6 Å². The van der Waals surface area contributed by atoms with E-state index in [0.29, 0.717) is 5.65 Å². The zero-order chi connectivity index (χ0) is 23.1. The maximum Gasteiger partial charge on any atom is 0.171 e. The van der Waals surface area contributed by atoms with Gasteiger partial charge in [-0.1, -0.05) is 6.92 Å². The predicted molar refractivity (Wildman–Crippen MR) is 121 cm³/mol. The zero-order valence-corrected chi connectivity index (χ0v) is 18.7. The first-order valence-corrected chi connectivity index (χ1v) is 10.8. The molecule has 0 spiro atoms. The van der Waals surface area contributed by atoms with Crippen LogP contribution in [0.3, 0.4) is 0 Å². The molecule has 1 aliphatic rings. The molecule has 0 aliphatic carbocycles. The summed E-state index contributed by atoms with van der Waals surface area (Å²) in [6.45, 7) is 4.87. The van der Waals surface area contributed by atoms with Gasteiger partial charge in [0, 0.05) is 66.2 Å². The third-order valence-corrected chi connectivity index (χ3v) is 6.26. The minimum Gasteiger partial charge on any atom is -0.494 e. The molecule has 1 N–H and O–H groups in total. The van der Waals surface area contributed by atoms with Crippen LogP contribution >= 0.6 is 0 Å². The van der Waals surface area contributed by atoms with Crippen LogP contribution in [0.25, 0.3) is 22.2 Å². The molecule has 0 atom stereocenters. The highest BCUT2D eigenvalue weighted by atomic mass is 19.1. The Morgan fingerprint density at radius 1 is 0.970 bits per heavy atom. The van der Waals surface area contributed by atoms with Gasteiger partial charge in [-0.15, -0.1) is 0 Å². The number of H-pyrrole nitrogens is 1. The fraction of sp³-hybridized carbons (Fsp3) is 0.280. The highest BCUT2D eigenvalue weighted by molar-refractivity contribution is 5.85. The SMILES string of the molecule is CCN1Cc2cc(-c3cnc4[nH]cc(Cc5c(F)c(OC)cc(OC)c5F)c4c3)cnc2C1. The van der Waals surface area contributed by atoms with E-state index in [2.05, 4.69) is 32.8 Å². The van der Waals surface area contributed by atoms with Gasteiger partial charge in [-0.05, 0) is 29.8 Å². The molecule has 4 aromatic rings. The largest absolute Gasteiger partial charge is 0.494 e. The Balaban J connectivity index is 1.54. The van der Waals surface area contributed by atoms with Crippen molar-refractivity contribution < 1.29 is 18.3 Å². The van der Waals surface area contributed by atoms with E-state index in [0.717, 1.165) is 47.4 Å². The second kappa shape index (κ2) is 8.44. The first-order chi connectivity index (χ1) is 16.0. The van der Waals surface area contributed by atoms with Gasteiger partial charge in [-0.2, -0.15) is 0 Å². The molecular formula is C25H24F2N4O2. The molecule has 1 aliphatic heterocycles. The lowest BCUT2D eigenvalue weighted by atomic mass is 10.0. The van der Waals surface area contributed by atoms with E-state index >= 15 is 0 Å². The fourth-order valence-corrected chi connectivity index (χ4v) is 4.35. The van der Waals surface area contributed by atoms with Gasteiger partial charge in [0.05, 0.1) is 19.9 Å². The molecule has 1 aromatic carbocycles. The van der Waals surface area contributed by atoms with Crippen LogP contribution in [-0.2, 0) is 19.5 Å². The molecule has 0 radical (unpaired) electrons. The number of rotatable bonds is 6. The molecule has 0 bridgehead atoms. The number of ether oxygens (including phenoxy) is 2. The molecule has 4 heterocycles. The van der Waals surface area contributed by atoms with Crippen molar-refractivity contribution in [1.82, 2.24) is 19.9 Å². The Bertz CT molecular complexity index is 1320. The van der Waals surface area contributed by atoms with Crippen LogP contribution in [0, 0.1) is 11.6 Å². The maximum atomic E-state index is 14.9. The molecule has 0 saturated heterocycles. The van der Waals surface area contributed by atoms with Crippen molar-refractivity contribution >= 4 is 11.0 Å². The Hall–Kier alpha value is -3.52. The highest BCUT2D eigenvalue weighted by Crippen LogP contribution is 2.34. The van der Waals surface area contributed by atoms with Crippen molar-refractivity contribution in [3.8, 4) is 22.6 Å². The average molecular weight is 450 g/mol. The van der Waals surface area contributed by atoms with Crippen LogP contribution in [0.15, 0.2) is 36.8 Å². The van der Waals surface area contributed by atoms with Crippen molar-refractivity contribution in [2.45, 2.75) is 26.4 Å². The standard InChI is InChI=1S/C25H24F2N4O2/c1-4-31-12-17-5-14(9-28-20(17)13-31)15-6-18-16(11-30-25(18)29-10-15)7-19-23(26)21(32-2)8-22(33-3)24(19)27/h5-6,8-11H,4,7,12-13H2,1-3H3,(H,29,30). The molecule has 0 amide bonds. The van der Waals surface area contributed by atoms with Gasteiger partial charge >= 0.3 is 0 Å². The number of aromatic nitrogens is 3. The molecule has 0 fully saturated rings. The van der Waals surface area contributed by atoms with Gasteiger partial charge in [0.1, 0.15) is 5.65 Å². The van der Waals surface area contributed by atoms with Crippen molar-refractivity contribution in [2.24, 2.45) is 0 Å². The summed E-state index contributed by atoms with van der Waals surface area (Å²) in [7, 11) is 2.68. The summed E-state index contributed by atoms with van der Waals surface area (Å²) in [4.78, 5) is 14.6.